The minimum atomic E-state index is -5.21. The first-order valence-corrected chi connectivity index (χ1v) is 10.6. The molecule has 2 heterocycles. The van der Waals surface area contributed by atoms with Crippen LogP contribution in [0.5, 0.6) is 0 Å². The molecule has 170 valence electrons. The molecule has 2 aliphatic heterocycles. The SMILES string of the molecule is O=C(OC(=O)C(F)(F)F)C(Cc1ccccc1)CN1CCC2(CC1)OCc1ccccc12. The first-order chi connectivity index (χ1) is 15.3. The van der Waals surface area contributed by atoms with Gasteiger partial charge in [0, 0.05) is 19.6 Å². The van der Waals surface area contributed by atoms with Crippen molar-refractivity contribution in [2.24, 2.45) is 5.92 Å². The van der Waals surface area contributed by atoms with Crippen molar-refractivity contribution in [1.82, 2.24) is 4.90 Å². The fraction of sp³-hybridized carbons (Fsp3) is 0.417. The maximum absolute atomic E-state index is 12.6. The zero-order valence-electron chi connectivity index (χ0n) is 17.4. The molecule has 0 amide bonds. The Morgan fingerprint density at radius 2 is 1.69 bits per heavy atom. The molecule has 8 heteroatoms. The molecule has 1 spiro atoms. The van der Waals surface area contributed by atoms with Gasteiger partial charge in [-0.05, 0) is 36.0 Å². The molecule has 2 aromatic rings. The summed E-state index contributed by atoms with van der Waals surface area (Å²) in [5.74, 6) is -4.53. The van der Waals surface area contributed by atoms with E-state index in [0.29, 0.717) is 19.7 Å². The van der Waals surface area contributed by atoms with Gasteiger partial charge in [0.1, 0.15) is 0 Å². The highest BCUT2D eigenvalue weighted by molar-refractivity contribution is 5.89. The van der Waals surface area contributed by atoms with Gasteiger partial charge in [-0.3, -0.25) is 4.79 Å². The smallest absolute Gasteiger partial charge is 0.386 e. The second-order valence-electron chi connectivity index (χ2n) is 8.33. The monoisotopic (exact) mass is 447 g/mol. The van der Waals surface area contributed by atoms with Crippen LogP contribution in [0.3, 0.4) is 0 Å². The second kappa shape index (κ2) is 9.03. The van der Waals surface area contributed by atoms with Crippen LogP contribution < -0.4 is 0 Å². The van der Waals surface area contributed by atoms with Crippen molar-refractivity contribution in [3.05, 3.63) is 71.3 Å². The second-order valence-corrected chi connectivity index (χ2v) is 8.33. The van der Waals surface area contributed by atoms with Crippen molar-refractivity contribution in [2.75, 3.05) is 19.6 Å². The highest BCUT2D eigenvalue weighted by Gasteiger charge is 2.45. The lowest BCUT2D eigenvalue weighted by Crippen LogP contribution is -2.46. The van der Waals surface area contributed by atoms with E-state index in [4.69, 9.17) is 4.74 Å². The fourth-order valence-corrected chi connectivity index (χ4v) is 4.56. The van der Waals surface area contributed by atoms with Gasteiger partial charge in [-0.2, -0.15) is 13.2 Å². The third kappa shape index (κ3) is 4.86. The summed E-state index contributed by atoms with van der Waals surface area (Å²) in [4.78, 5) is 25.7. The normalized spacial score (nSPS) is 18.8. The first kappa shape index (κ1) is 22.5. The standard InChI is InChI=1S/C24H24F3NO4/c25-24(26,27)22(30)32-21(29)19(14-17-6-2-1-3-7-17)15-28-12-10-23(11-13-28)20-9-5-4-8-18(20)16-31-23/h1-9,19H,10-16H2. The Bertz CT molecular complexity index is 969. The summed E-state index contributed by atoms with van der Waals surface area (Å²) in [6.07, 6.45) is -3.58. The first-order valence-electron chi connectivity index (χ1n) is 10.6. The van der Waals surface area contributed by atoms with Gasteiger partial charge in [0.15, 0.2) is 0 Å². The van der Waals surface area contributed by atoms with Crippen LogP contribution in [0.1, 0.15) is 29.5 Å². The van der Waals surface area contributed by atoms with E-state index in [1.807, 2.05) is 23.1 Å². The Labute approximate surface area is 184 Å². The Morgan fingerprint density at radius 1 is 1.03 bits per heavy atom. The lowest BCUT2D eigenvalue weighted by Gasteiger charge is -2.40. The van der Waals surface area contributed by atoms with E-state index in [-0.39, 0.29) is 18.6 Å². The van der Waals surface area contributed by atoms with Crippen LogP contribution >= 0.6 is 0 Å². The van der Waals surface area contributed by atoms with Crippen LogP contribution in [-0.4, -0.2) is 42.6 Å². The lowest BCUT2D eigenvalue weighted by molar-refractivity contribution is -0.203. The molecule has 2 aromatic carbocycles. The van der Waals surface area contributed by atoms with Crippen molar-refractivity contribution in [2.45, 2.75) is 37.6 Å². The molecule has 0 N–H and O–H groups in total. The fourth-order valence-electron chi connectivity index (χ4n) is 4.56. The Hall–Kier alpha value is -2.71. The summed E-state index contributed by atoms with van der Waals surface area (Å²) in [5, 5.41) is 0. The maximum Gasteiger partial charge on any atom is 0.491 e. The summed E-state index contributed by atoms with van der Waals surface area (Å²) < 4.78 is 48.1. The topological polar surface area (TPSA) is 55.8 Å². The number of hydrogen-bond donors (Lipinski definition) is 0. The summed E-state index contributed by atoms with van der Waals surface area (Å²) in [7, 11) is 0. The molecule has 2 aliphatic rings. The minimum Gasteiger partial charge on any atom is -0.386 e. The van der Waals surface area contributed by atoms with Crippen molar-refractivity contribution >= 4 is 11.9 Å². The van der Waals surface area contributed by atoms with Gasteiger partial charge in [-0.1, -0.05) is 54.6 Å². The van der Waals surface area contributed by atoms with Crippen LogP contribution in [0, 0.1) is 5.92 Å². The van der Waals surface area contributed by atoms with Crippen LogP contribution in [0.4, 0.5) is 13.2 Å². The number of piperidine rings is 1. The number of carbonyl (C=O) groups excluding carboxylic acids is 2. The number of fused-ring (bicyclic) bond motifs is 2. The Morgan fingerprint density at radius 3 is 2.38 bits per heavy atom. The van der Waals surface area contributed by atoms with E-state index in [9.17, 15) is 22.8 Å². The zero-order valence-corrected chi connectivity index (χ0v) is 17.4. The van der Waals surface area contributed by atoms with E-state index in [1.54, 1.807) is 24.3 Å². The third-order valence-electron chi connectivity index (χ3n) is 6.24. The maximum atomic E-state index is 12.6. The molecule has 4 rings (SSSR count). The molecule has 0 aliphatic carbocycles. The minimum absolute atomic E-state index is 0.186. The molecular formula is C24H24F3NO4. The molecule has 0 radical (unpaired) electrons. The molecule has 1 saturated heterocycles. The summed E-state index contributed by atoms with van der Waals surface area (Å²) in [5.41, 5.74) is 2.80. The largest absolute Gasteiger partial charge is 0.491 e. The lowest BCUT2D eigenvalue weighted by atomic mass is 9.83. The Balaban J connectivity index is 1.43. The Kier molecular flexibility index (Phi) is 6.35. The number of benzene rings is 2. The number of likely N-dealkylation sites (tertiary alicyclic amines) is 1. The van der Waals surface area contributed by atoms with Gasteiger partial charge in [-0.25, -0.2) is 4.79 Å². The van der Waals surface area contributed by atoms with Crippen LogP contribution in [-0.2, 0) is 37.7 Å². The summed E-state index contributed by atoms with van der Waals surface area (Å²) in [6.45, 7) is 2.02. The predicted octanol–water partition coefficient (Wildman–Crippen LogP) is 4.00. The number of ether oxygens (including phenoxy) is 2. The van der Waals surface area contributed by atoms with Crippen molar-refractivity contribution < 1.29 is 32.2 Å². The number of nitrogens with zero attached hydrogens (tertiary/aromatic N) is 1. The van der Waals surface area contributed by atoms with E-state index in [2.05, 4.69) is 16.9 Å². The van der Waals surface area contributed by atoms with Gasteiger partial charge in [0.25, 0.3) is 0 Å². The number of hydrogen-bond acceptors (Lipinski definition) is 5. The number of esters is 2. The molecule has 0 bridgehead atoms. The number of alkyl halides is 3. The number of carbonyl (C=O) groups is 2. The van der Waals surface area contributed by atoms with E-state index in [0.717, 1.165) is 18.4 Å². The third-order valence-corrected chi connectivity index (χ3v) is 6.24. The van der Waals surface area contributed by atoms with Crippen molar-refractivity contribution in [1.29, 1.82) is 0 Å². The van der Waals surface area contributed by atoms with Crippen LogP contribution in [0.25, 0.3) is 0 Å². The van der Waals surface area contributed by atoms with Gasteiger partial charge in [0.05, 0.1) is 18.1 Å². The molecule has 1 fully saturated rings. The van der Waals surface area contributed by atoms with Crippen molar-refractivity contribution in [3.63, 3.8) is 0 Å². The molecule has 5 nitrogen and oxygen atoms in total. The van der Waals surface area contributed by atoms with Crippen LogP contribution in [0.2, 0.25) is 0 Å². The number of halogens is 3. The quantitative estimate of drug-likeness (QED) is 0.512. The number of rotatable bonds is 5. The average molecular weight is 447 g/mol. The molecule has 0 aromatic heterocycles. The van der Waals surface area contributed by atoms with E-state index < -0.39 is 24.0 Å². The highest BCUT2D eigenvalue weighted by Crippen LogP contribution is 2.44. The molecule has 0 saturated carbocycles. The average Bonchev–Trinajstić information content (AvgIpc) is 3.13. The van der Waals surface area contributed by atoms with Crippen LogP contribution in [0.15, 0.2) is 54.6 Å². The van der Waals surface area contributed by atoms with Gasteiger partial charge in [0.2, 0.25) is 0 Å². The predicted molar refractivity (Wildman–Crippen MR) is 109 cm³/mol. The molecule has 1 atom stereocenters. The van der Waals surface area contributed by atoms with Crippen molar-refractivity contribution in [3.8, 4) is 0 Å². The van der Waals surface area contributed by atoms with Gasteiger partial charge in [-0.15, -0.1) is 0 Å². The van der Waals surface area contributed by atoms with Gasteiger partial charge >= 0.3 is 18.1 Å². The van der Waals surface area contributed by atoms with E-state index >= 15 is 0 Å². The highest BCUT2D eigenvalue weighted by atomic mass is 19.4. The zero-order chi connectivity index (χ0) is 22.8. The summed E-state index contributed by atoms with van der Waals surface area (Å²) >= 11 is 0. The molecular weight excluding hydrogens is 423 g/mol. The van der Waals surface area contributed by atoms with Gasteiger partial charge < -0.3 is 14.4 Å². The molecule has 32 heavy (non-hydrogen) atoms. The summed E-state index contributed by atoms with van der Waals surface area (Å²) in [6, 6.07) is 17.1. The molecule has 1 unspecified atom stereocenters. The van der Waals surface area contributed by atoms with E-state index in [1.165, 1.54) is 11.1 Å².